The van der Waals surface area contributed by atoms with E-state index in [1.165, 1.54) is 0 Å². The molecule has 1 aliphatic rings. The molecular weight excluding hydrogens is 150 g/mol. The Morgan fingerprint density at radius 2 is 2.50 bits per heavy atom. The van der Waals surface area contributed by atoms with Crippen molar-refractivity contribution in [2.24, 2.45) is 5.73 Å². The first kappa shape index (κ1) is 9.71. The van der Waals surface area contributed by atoms with Crippen LogP contribution in [0.25, 0.3) is 0 Å². The quantitative estimate of drug-likeness (QED) is 0.604. The van der Waals surface area contributed by atoms with Gasteiger partial charge in [0, 0.05) is 18.6 Å². The van der Waals surface area contributed by atoms with Gasteiger partial charge >= 0.3 is 0 Å². The van der Waals surface area contributed by atoms with Gasteiger partial charge in [-0.15, -0.1) is 6.58 Å². The summed E-state index contributed by atoms with van der Waals surface area (Å²) in [5, 5.41) is 2.26. The van der Waals surface area contributed by atoms with Crippen LogP contribution in [0.5, 0.6) is 0 Å². The smallest absolute Gasteiger partial charge is 0.0292 e. The minimum absolute atomic E-state index is 0.375. The Labute approximate surface area is 74.6 Å². The topological polar surface area (TPSA) is 41.3 Å². The summed E-state index contributed by atoms with van der Waals surface area (Å²) in [6.07, 6.45) is 5.16. The van der Waals surface area contributed by atoms with E-state index in [9.17, 15) is 0 Å². The lowest BCUT2D eigenvalue weighted by Crippen LogP contribution is -2.51. The third-order valence-electron chi connectivity index (χ3n) is 2.48. The van der Waals surface area contributed by atoms with E-state index >= 15 is 0 Å². The zero-order valence-electron chi connectivity index (χ0n) is 7.79. The first-order valence-electron chi connectivity index (χ1n) is 4.58. The third kappa shape index (κ3) is 2.30. The summed E-state index contributed by atoms with van der Waals surface area (Å²) < 4.78 is 0. The number of nitrogens with zero attached hydrogens (tertiary/aromatic N) is 1. The van der Waals surface area contributed by atoms with E-state index < -0.39 is 0 Å². The molecule has 0 bridgehead atoms. The number of hydrazine groups is 1. The Hall–Kier alpha value is -0.380. The molecule has 1 fully saturated rings. The van der Waals surface area contributed by atoms with Gasteiger partial charge < -0.3 is 5.73 Å². The molecule has 0 aromatic carbocycles. The SMILES string of the molecule is C=CC[C@H]1CC(N)CCN1NC. The summed E-state index contributed by atoms with van der Waals surface area (Å²) in [7, 11) is 1.97. The summed E-state index contributed by atoms with van der Waals surface area (Å²) in [5.74, 6) is 0. The molecule has 1 heterocycles. The number of hydrogen-bond acceptors (Lipinski definition) is 3. The van der Waals surface area contributed by atoms with Crippen molar-refractivity contribution >= 4 is 0 Å². The average Bonchev–Trinajstić information content (AvgIpc) is 2.05. The van der Waals surface area contributed by atoms with Crippen LogP contribution >= 0.6 is 0 Å². The van der Waals surface area contributed by atoms with Gasteiger partial charge in [-0.05, 0) is 26.3 Å². The van der Waals surface area contributed by atoms with E-state index in [2.05, 4.69) is 17.0 Å². The van der Waals surface area contributed by atoms with Crippen molar-refractivity contribution in [1.29, 1.82) is 0 Å². The maximum absolute atomic E-state index is 5.88. The molecule has 0 amide bonds. The van der Waals surface area contributed by atoms with Crippen molar-refractivity contribution in [1.82, 2.24) is 10.4 Å². The highest BCUT2D eigenvalue weighted by atomic mass is 15.5. The number of piperidine rings is 1. The third-order valence-corrected chi connectivity index (χ3v) is 2.48. The van der Waals surface area contributed by atoms with Gasteiger partial charge in [0.15, 0.2) is 0 Å². The van der Waals surface area contributed by atoms with Crippen molar-refractivity contribution in [3.05, 3.63) is 12.7 Å². The second kappa shape index (κ2) is 4.60. The molecule has 2 atom stereocenters. The van der Waals surface area contributed by atoms with Crippen LogP contribution in [0.15, 0.2) is 12.7 Å². The molecule has 12 heavy (non-hydrogen) atoms. The number of rotatable bonds is 3. The Balaban J connectivity index is 2.45. The van der Waals surface area contributed by atoms with Gasteiger partial charge in [-0.1, -0.05) is 6.08 Å². The summed E-state index contributed by atoms with van der Waals surface area (Å²) in [5.41, 5.74) is 9.07. The Bertz CT molecular complexity index is 147. The fourth-order valence-corrected chi connectivity index (χ4v) is 1.79. The maximum Gasteiger partial charge on any atom is 0.0292 e. The van der Waals surface area contributed by atoms with Crippen LogP contribution in [0.1, 0.15) is 19.3 Å². The highest BCUT2D eigenvalue weighted by molar-refractivity contribution is 4.86. The van der Waals surface area contributed by atoms with Crippen LogP contribution in [0, 0.1) is 0 Å². The molecule has 0 aliphatic carbocycles. The van der Waals surface area contributed by atoms with Crippen molar-refractivity contribution in [2.75, 3.05) is 13.6 Å². The first-order valence-corrected chi connectivity index (χ1v) is 4.58. The van der Waals surface area contributed by atoms with Gasteiger partial charge in [0.1, 0.15) is 0 Å². The molecule has 70 valence electrons. The van der Waals surface area contributed by atoms with Crippen molar-refractivity contribution in [2.45, 2.75) is 31.3 Å². The molecule has 0 aromatic heterocycles. The van der Waals surface area contributed by atoms with Crippen LogP contribution < -0.4 is 11.2 Å². The van der Waals surface area contributed by atoms with Crippen LogP contribution in [-0.4, -0.2) is 30.7 Å². The molecule has 1 saturated heterocycles. The Kier molecular flexibility index (Phi) is 3.72. The molecule has 0 spiro atoms. The van der Waals surface area contributed by atoms with Gasteiger partial charge in [-0.2, -0.15) is 0 Å². The maximum atomic E-state index is 5.88. The molecule has 3 nitrogen and oxygen atoms in total. The highest BCUT2D eigenvalue weighted by Crippen LogP contribution is 2.16. The molecule has 3 N–H and O–H groups in total. The lowest BCUT2D eigenvalue weighted by Gasteiger charge is -2.37. The second-order valence-electron chi connectivity index (χ2n) is 3.38. The molecule has 1 unspecified atom stereocenters. The fourth-order valence-electron chi connectivity index (χ4n) is 1.79. The predicted molar refractivity (Wildman–Crippen MR) is 51.6 cm³/mol. The molecule has 3 heteroatoms. The minimum Gasteiger partial charge on any atom is -0.328 e. The van der Waals surface area contributed by atoms with Crippen LogP contribution in [0.4, 0.5) is 0 Å². The van der Waals surface area contributed by atoms with Gasteiger partial charge in [0.2, 0.25) is 0 Å². The van der Waals surface area contributed by atoms with Crippen molar-refractivity contribution < 1.29 is 0 Å². The average molecular weight is 169 g/mol. The molecule has 0 radical (unpaired) electrons. The lowest BCUT2D eigenvalue weighted by atomic mass is 9.97. The normalized spacial score (nSPS) is 31.8. The van der Waals surface area contributed by atoms with E-state index in [1.54, 1.807) is 0 Å². The minimum atomic E-state index is 0.375. The molecule has 0 aromatic rings. The van der Waals surface area contributed by atoms with Gasteiger partial charge in [0.25, 0.3) is 0 Å². The number of nitrogens with one attached hydrogen (secondary N) is 1. The summed E-state index contributed by atoms with van der Waals surface area (Å²) in [6.45, 7) is 4.81. The summed E-state index contributed by atoms with van der Waals surface area (Å²) >= 11 is 0. The van der Waals surface area contributed by atoms with Crippen LogP contribution in [0.2, 0.25) is 0 Å². The Morgan fingerprint density at radius 1 is 1.75 bits per heavy atom. The standard InChI is InChI=1S/C9H19N3/c1-3-4-9-7-8(10)5-6-12(9)11-2/h3,8-9,11H,1,4-7,10H2,2H3/t8?,9-/m0/s1. The van der Waals surface area contributed by atoms with Crippen molar-refractivity contribution in [3.63, 3.8) is 0 Å². The second-order valence-corrected chi connectivity index (χ2v) is 3.38. The van der Waals surface area contributed by atoms with E-state index in [0.29, 0.717) is 12.1 Å². The zero-order chi connectivity index (χ0) is 8.97. The molecule has 1 aliphatic heterocycles. The number of hydrogen-bond donors (Lipinski definition) is 2. The fraction of sp³-hybridized carbons (Fsp3) is 0.778. The largest absolute Gasteiger partial charge is 0.328 e. The highest BCUT2D eigenvalue weighted by Gasteiger charge is 2.24. The predicted octanol–water partition coefficient (Wildman–Crippen LogP) is 0.489. The first-order chi connectivity index (χ1) is 5.77. The molecule has 0 saturated carbocycles. The van der Waals surface area contributed by atoms with E-state index in [1.807, 2.05) is 13.1 Å². The van der Waals surface area contributed by atoms with Crippen molar-refractivity contribution in [3.8, 4) is 0 Å². The van der Waals surface area contributed by atoms with Crippen LogP contribution in [0.3, 0.4) is 0 Å². The lowest BCUT2D eigenvalue weighted by molar-refractivity contribution is 0.0903. The van der Waals surface area contributed by atoms with Gasteiger partial charge in [-0.3, -0.25) is 5.43 Å². The van der Waals surface area contributed by atoms with E-state index in [0.717, 1.165) is 25.8 Å². The van der Waals surface area contributed by atoms with Gasteiger partial charge in [0.05, 0.1) is 0 Å². The monoisotopic (exact) mass is 169 g/mol. The van der Waals surface area contributed by atoms with E-state index in [4.69, 9.17) is 5.73 Å². The molecule has 1 rings (SSSR count). The summed E-state index contributed by atoms with van der Waals surface area (Å²) in [6, 6.07) is 0.913. The zero-order valence-corrected chi connectivity index (χ0v) is 7.79. The number of nitrogens with two attached hydrogens (primary N) is 1. The van der Waals surface area contributed by atoms with Gasteiger partial charge in [-0.25, -0.2) is 5.01 Å². The molecular formula is C9H19N3. The van der Waals surface area contributed by atoms with Crippen LogP contribution in [-0.2, 0) is 0 Å². The summed E-state index contributed by atoms with van der Waals surface area (Å²) in [4.78, 5) is 0. The Morgan fingerprint density at radius 3 is 3.08 bits per heavy atom. The van der Waals surface area contributed by atoms with E-state index in [-0.39, 0.29) is 0 Å².